The second-order valence-electron chi connectivity index (χ2n) is 4.87. The lowest BCUT2D eigenvalue weighted by Gasteiger charge is -2.27. The summed E-state index contributed by atoms with van der Waals surface area (Å²) in [6.45, 7) is 4.39. The predicted octanol–water partition coefficient (Wildman–Crippen LogP) is 3.94. The predicted molar refractivity (Wildman–Crippen MR) is 70.0 cm³/mol. The highest BCUT2D eigenvalue weighted by Crippen LogP contribution is 2.44. The van der Waals surface area contributed by atoms with Crippen LogP contribution in [0, 0.1) is 5.92 Å². The molecule has 94 valence electrons. The van der Waals surface area contributed by atoms with Crippen molar-refractivity contribution in [2.75, 3.05) is 5.75 Å². The Labute approximate surface area is 103 Å². The number of rotatable bonds is 7. The molecule has 0 aromatic rings. The minimum atomic E-state index is -0.579. The average Bonchev–Trinajstić information content (AvgIpc) is 2.74. The van der Waals surface area contributed by atoms with Gasteiger partial charge in [0, 0.05) is 0 Å². The first kappa shape index (κ1) is 13.9. The van der Waals surface area contributed by atoms with Gasteiger partial charge in [-0.15, -0.1) is 11.8 Å². The first-order valence-electron chi connectivity index (χ1n) is 6.52. The van der Waals surface area contributed by atoms with Gasteiger partial charge in [0.25, 0.3) is 0 Å². The van der Waals surface area contributed by atoms with Crippen LogP contribution in [0.4, 0.5) is 0 Å². The number of unbranched alkanes of at least 4 members (excludes halogenated alkanes) is 1. The van der Waals surface area contributed by atoms with E-state index < -0.39 is 10.7 Å². The minimum absolute atomic E-state index is 0.450. The summed E-state index contributed by atoms with van der Waals surface area (Å²) in [7, 11) is 0. The second-order valence-corrected chi connectivity index (χ2v) is 6.35. The van der Waals surface area contributed by atoms with Crippen molar-refractivity contribution in [1.82, 2.24) is 0 Å². The van der Waals surface area contributed by atoms with Crippen LogP contribution in [-0.2, 0) is 4.79 Å². The molecule has 0 radical (unpaired) electrons. The molecule has 0 aromatic carbocycles. The molecule has 1 saturated heterocycles. The normalized spacial score (nSPS) is 26.9. The average molecular weight is 244 g/mol. The van der Waals surface area contributed by atoms with E-state index >= 15 is 0 Å². The zero-order valence-electron chi connectivity index (χ0n) is 10.5. The van der Waals surface area contributed by atoms with E-state index in [0.29, 0.717) is 5.92 Å². The molecule has 0 amide bonds. The summed E-state index contributed by atoms with van der Waals surface area (Å²) >= 11 is 1.68. The van der Waals surface area contributed by atoms with E-state index in [1.54, 1.807) is 11.8 Å². The van der Waals surface area contributed by atoms with Crippen LogP contribution in [0.1, 0.15) is 58.8 Å². The van der Waals surface area contributed by atoms with Crippen molar-refractivity contribution in [2.24, 2.45) is 5.92 Å². The van der Waals surface area contributed by atoms with Crippen LogP contribution < -0.4 is 0 Å². The fourth-order valence-corrected chi connectivity index (χ4v) is 3.97. The molecule has 0 bridgehead atoms. The van der Waals surface area contributed by atoms with Gasteiger partial charge >= 0.3 is 5.97 Å². The van der Waals surface area contributed by atoms with Gasteiger partial charge in [-0.1, -0.05) is 39.5 Å². The van der Waals surface area contributed by atoms with Crippen molar-refractivity contribution < 1.29 is 9.90 Å². The summed E-state index contributed by atoms with van der Waals surface area (Å²) in [4.78, 5) is 11.4. The smallest absolute Gasteiger partial charge is 0.319 e. The molecular weight excluding hydrogens is 220 g/mol. The van der Waals surface area contributed by atoms with Crippen molar-refractivity contribution in [3.63, 3.8) is 0 Å². The molecule has 0 aliphatic carbocycles. The fraction of sp³-hybridized carbons (Fsp3) is 0.923. The highest BCUT2D eigenvalue weighted by atomic mass is 32.2. The van der Waals surface area contributed by atoms with Gasteiger partial charge in [-0.25, -0.2) is 0 Å². The second kappa shape index (κ2) is 6.53. The number of carboxylic acid groups (broad SMARTS) is 1. The maximum atomic E-state index is 11.4. The SMILES string of the molecule is CCCCC(CC)CC1(C(=O)O)CCCS1. The van der Waals surface area contributed by atoms with Crippen LogP contribution in [0.15, 0.2) is 0 Å². The lowest BCUT2D eigenvalue weighted by molar-refractivity contribution is -0.140. The van der Waals surface area contributed by atoms with Crippen LogP contribution in [-0.4, -0.2) is 21.6 Å². The van der Waals surface area contributed by atoms with Gasteiger partial charge in [0.2, 0.25) is 0 Å². The number of carbonyl (C=O) groups is 1. The maximum Gasteiger partial charge on any atom is 0.319 e. The Kier molecular flexibility index (Phi) is 5.67. The summed E-state index contributed by atoms with van der Waals surface area (Å²) < 4.78 is -0.450. The van der Waals surface area contributed by atoms with Gasteiger partial charge in [0.05, 0.1) is 0 Å². The Morgan fingerprint density at radius 3 is 2.69 bits per heavy atom. The Morgan fingerprint density at radius 1 is 1.50 bits per heavy atom. The number of hydrogen-bond donors (Lipinski definition) is 1. The summed E-state index contributed by atoms with van der Waals surface area (Å²) in [5.41, 5.74) is 0. The third-order valence-corrected chi connectivity index (χ3v) is 5.25. The lowest BCUT2D eigenvalue weighted by atomic mass is 9.86. The largest absolute Gasteiger partial charge is 0.480 e. The zero-order valence-corrected chi connectivity index (χ0v) is 11.3. The van der Waals surface area contributed by atoms with E-state index in [4.69, 9.17) is 0 Å². The van der Waals surface area contributed by atoms with Gasteiger partial charge in [-0.05, 0) is 30.9 Å². The maximum absolute atomic E-state index is 11.4. The molecule has 1 aliphatic rings. The number of carboxylic acids is 1. The molecule has 0 saturated carbocycles. The third-order valence-electron chi connectivity index (χ3n) is 3.65. The quantitative estimate of drug-likeness (QED) is 0.737. The Morgan fingerprint density at radius 2 is 2.25 bits per heavy atom. The molecule has 16 heavy (non-hydrogen) atoms. The fourth-order valence-electron chi connectivity index (χ4n) is 2.52. The van der Waals surface area contributed by atoms with Crippen molar-refractivity contribution in [3.05, 3.63) is 0 Å². The van der Waals surface area contributed by atoms with Gasteiger partial charge < -0.3 is 5.11 Å². The highest BCUT2D eigenvalue weighted by molar-refractivity contribution is 8.01. The molecule has 1 N–H and O–H groups in total. The number of hydrogen-bond acceptors (Lipinski definition) is 2. The summed E-state index contributed by atoms with van der Waals surface area (Å²) in [5.74, 6) is 1.04. The first-order valence-corrected chi connectivity index (χ1v) is 7.50. The molecule has 0 spiro atoms. The van der Waals surface area contributed by atoms with Crippen molar-refractivity contribution in [1.29, 1.82) is 0 Å². The highest BCUT2D eigenvalue weighted by Gasteiger charge is 2.43. The van der Waals surface area contributed by atoms with Gasteiger partial charge in [0.1, 0.15) is 4.75 Å². The minimum Gasteiger partial charge on any atom is -0.480 e. The number of thioether (sulfide) groups is 1. The Balaban J connectivity index is 2.55. The van der Waals surface area contributed by atoms with Gasteiger partial charge in [-0.3, -0.25) is 4.79 Å². The van der Waals surface area contributed by atoms with E-state index in [9.17, 15) is 9.90 Å². The summed E-state index contributed by atoms with van der Waals surface area (Å²) in [5, 5.41) is 9.41. The summed E-state index contributed by atoms with van der Waals surface area (Å²) in [6, 6.07) is 0. The topological polar surface area (TPSA) is 37.3 Å². The summed E-state index contributed by atoms with van der Waals surface area (Å²) in [6.07, 6.45) is 7.58. The lowest BCUT2D eigenvalue weighted by Crippen LogP contribution is -2.34. The zero-order chi connectivity index (χ0) is 12.0. The van der Waals surface area contributed by atoms with Crippen molar-refractivity contribution in [2.45, 2.75) is 63.5 Å². The van der Waals surface area contributed by atoms with Crippen molar-refractivity contribution in [3.8, 4) is 0 Å². The van der Waals surface area contributed by atoms with E-state index in [2.05, 4.69) is 13.8 Å². The van der Waals surface area contributed by atoms with Crippen LogP contribution >= 0.6 is 11.8 Å². The number of aliphatic carboxylic acids is 1. The van der Waals surface area contributed by atoms with Crippen molar-refractivity contribution >= 4 is 17.7 Å². The first-order chi connectivity index (χ1) is 7.64. The standard InChI is InChI=1S/C13H24O2S/c1-3-5-7-11(4-2)10-13(12(14)15)8-6-9-16-13/h11H,3-10H2,1-2H3,(H,14,15). The monoisotopic (exact) mass is 244 g/mol. The van der Waals surface area contributed by atoms with E-state index in [0.717, 1.165) is 31.4 Å². The molecule has 3 heteroatoms. The molecule has 1 aliphatic heterocycles. The molecule has 2 atom stereocenters. The van der Waals surface area contributed by atoms with Crippen LogP contribution in [0.2, 0.25) is 0 Å². The van der Waals surface area contributed by atoms with E-state index in [1.807, 2.05) is 0 Å². The molecule has 2 nitrogen and oxygen atoms in total. The van der Waals surface area contributed by atoms with Crippen LogP contribution in [0.3, 0.4) is 0 Å². The Bertz CT molecular complexity index is 222. The molecule has 2 unspecified atom stereocenters. The van der Waals surface area contributed by atoms with Gasteiger partial charge in [0.15, 0.2) is 0 Å². The molecular formula is C13H24O2S. The van der Waals surface area contributed by atoms with E-state index in [1.165, 1.54) is 19.3 Å². The molecule has 1 rings (SSSR count). The van der Waals surface area contributed by atoms with Crippen LogP contribution in [0.25, 0.3) is 0 Å². The van der Waals surface area contributed by atoms with Crippen LogP contribution in [0.5, 0.6) is 0 Å². The Hall–Kier alpha value is -0.180. The third kappa shape index (κ3) is 3.41. The molecule has 1 heterocycles. The molecule has 1 fully saturated rings. The van der Waals surface area contributed by atoms with Gasteiger partial charge in [-0.2, -0.15) is 0 Å². The van der Waals surface area contributed by atoms with E-state index in [-0.39, 0.29) is 0 Å². The molecule has 0 aromatic heterocycles.